The minimum atomic E-state index is -0.139. The van der Waals surface area contributed by atoms with Gasteiger partial charge in [0, 0.05) is 11.3 Å². The molecule has 0 unspecified atom stereocenters. The van der Waals surface area contributed by atoms with Gasteiger partial charge in [0.2, 0.25) is 0 Å². The second kappa shape index (κ2) is 7.44. The number of aromatic nitrogens is 2. The van der Waals surface area contributed by atoms with Crippen molar-refractivity contribution < 1.29 is 9.53 Å². The van der Waals surface area contributed by atoms with Crippen LogP contribution in [0, 0.1) is 20.8 Å². The van der Waals surface area contributed by atoms with Crippen LogP contribution in [0.15, 0.2) is 42.5 Å². The maximum Gasteiger partial charge on any atom is 0.255 e. The first-order valence-electron chi connectivity index (χ1n) is 7.92. The molecule has 0 fully saturated rings. The first-order chi connectivity index (χ1) is 12.0. The van der Waals surface area contributed by atoms with Crippen molar-refractivity contribution in [2.75, 3.05) is 5.32 Å². The van der Waals surface area contributed by atoms with E-state index in [9.17, 15) is 4.79 Å². The number of benzene rings is 2. The average molecular weight is 353 g/mol. The van der Waals surface area contributed by atoms with Crippen LogP contribution in [0.25, 0.3) is 0 Å². The highest BCUT2D eigenvalue weighted by Gasteiger charge is 2.09. The lowest BCUT2D eigenvalue weighted by Gasteiger charge is -2.10. The van der Waals surface area contributed by atoms with Crippen molar-refractivity contribution in [2.45, 2.75) is 27.4 Å². The van der Waals surface area contributed by atoms with E-state index in [2.05, 4.69) is 14.1 Å². The first-order valence-corrected chi connectivity index (χ1v) is 8.65. The highest BCUT2D eigenvalue weighted by molar-refractivity contribution is 6.99. The van der Waals surface area contributed by atoms with E-state index in [1.807, 2.05) is 39.0 Å². The van der Waals surface area contributed by atoms with E-state index in [0.717, 1.165) is 28.2 Å². The number of anilines is 1. The molecule has 0 saturated heterocycles. The Morgan fingerprint density at radius 2 is 1.84 bits per heavy atom. The van der Waals surface area contributed by atoms with Crippen molar-refractivity contribution in [3.63, 3.8) is 0 Å². The van der Waals surface area contributed by atoms with E-state index in [1.165, 1.54) is 11.7 Å². The molecule has 128 valence electrons. The van der Waals surface area contributed by atoms with Crippen LogP contribution in [0.3, 0.4) is 0 Å². The molecule has 2 aromatic carbocycles. The Morgan fingerprint density at radius 3 is 2.52 bits per heavy atom. The summed E-state index contributed by atoms with van der Waals surface area (Å²) in [6, 6.07) is 13.1. The molecule has 25 heavy (non-hydrogen) atoms. The number of nitrogens with zero attached hydrogens (tertiary/aromatic N) is 2. The molecule has 5 nitrogen and oxygen atoms in total. The van der Waals surface area contributed by atoms with Crippen LogP contribution >= 0.6 is 11.7 Å². The summed E-state index contributed by atoms with van der Waals surface area (Å²) < 4.78 is 14.0. The number of ether oxygens (including phenoxy) is 1. The molecule has 0 aliphatic rings. The van der Waals surface area contributed by atoms with Gasteiger partial charge in [0.25, 0.3) is 5.91 Å². The molecule has 0 spiro atoms. The lowest BCUT2D eigenvalue weighted by Crippen LogP contribution is -2.12. The van der Waals surface area contributed by atoms with Crippen LogP contribution in [0.2, 0.25) is 0 Å². The van der Waals surface area contributed by atoms with Crippen molar-refractivity contribution in [2.24, 2.45) is 0 Å². The largest absolute Gasteiger partial charge is 0.487 e. The summed E-state index contributed by atoms with van der Waals surface area (Å²) >= 11 is 1.18. The van der Waals surface area contributed by atoms with E-state index in [-0.39, 0.29) is 5.91 Å². The molecule has 0 aliphatic carbocycles. The minimum Gasteiger partial charge on any atom is -0.487 e. The molecular weight excluding hydrogens is 334 g/mol. The summed E-state index contributed by atoms with van der Waals surface area (Å²) in [5, 5.41) is 2.95. The Bertz CT molecular complexity index is 888. The monoisotopic (exact) mass is 353 g/mol. The van der Waals surface area contributed by atoms with Crippen molar-refractivity contribution in [3.8, 4) is 5.75 Å². The number of aryl methyl sites for hydroxylation is 3. The molecule has 3 aromatic rings. The number of amides is 1. The van der Waals surface area contributed by atoms with Crippen molar-refractivity contribution in [1.82, 2.24) is 8.75 Å². The highest BCUT2D eigenvalue weighted by atomic mass is 32.1. The Kier molecular flexibility index (Phi) is 5.09. The minimum absolute atomic E-state index is 0.139. The average Bonchev–Trinajstić information content (AvgIpc) is 3.02. The summed E-state index contributed by atoms with van der Waals surface area (Å²) in [5.41, 5.74) is 5.27. The van der Waals surface area contributed by atoms with Crippen molar-refractivity contribution >= 4 is 23.3 Å². The van der Waals surface area contributed by atoms with Crippen LogP contribution in [-0.4, -0.2) is 14.7 Å². The molecule has 1 amide bonds. The van der Waals surface area contributed by atoms with Gasteiger partial charge >= 0.3 is 0 Å². The standard InChI is InChI=1S/C19H19N3O2S/c1-12-4-5-13(2)17(10-12)20-19(23)15-6-8-16(9-7-15)24-11-18-14(3)21-25-22-18/h4-10H,11H2,1-3H3,(H,20,23). The topological polar surface area (TPSA) is 64.1 Å². The molecule has 0 aliphatic heterocycles. The van der Waals surface area contributed by atoms with E-state index in [0.29, 0.717) is 17.9 Å². The number of hydrogen-bond donors (Lipinski definition) is 1. The number of carbonyl (C=O) groups excluding carboxylic acids is 1. The maximum absolute atomic E-state index is 12.4. The Balaban J connectivity index is 1.64. The van der Waals surface area contributed by atoms with Gasteiger partial charge in [-0.2, -0.15) is 8.75 Å². The first kappa shape index (κ1) is 17.1. The number of rotatable bonds is 5. The predicted octanol–water partition coefficient (Wildman–Crippen LogP) is 4.29. The summed E-state index contributed by atoms with van der Waals surface area (Å²) in [6.45, 7) is 6.25. The second-order valence-electron chi connectivity index (χ2n) is 5.88. The summed E-state index contributed by atoms with van der Waals surface area (Å²) in [6.07, 6.45) is 0. The van der Waals surface area contributed by atoms with E-state index in [4.69, 9.17) is 4.74 Å². The molecule has 0 bridgehead atoms. The molecule has 0 radical (unpaired) electrons. The lowest BCUT2D eigenvalue weighted by atomic mass is 10.1. The van der Waals surface area contributed by atoms with Crippen LogP contribution in [0.4, 0.5) is 5.69 Å². The zero-order valence-electron chi connectivity index (χ0n) is 14.4. The van der Waals surface area contributed by atoms with Gasteiger partial charge < -0.3 is 10.1 Å². The second-order valence-corrected chi connectivity index (χ2v) is 6.41. The van der Waals surface area contributed by atoms with Gasteiger partial charge in [-0.15, -0.1) is 0 Å². The molecule has 1 N–H and O–H groups in total. The molecular formula is C19H19N3O2S. The van der Waals surface area contributed by atoms with Crippen LogP contribution in [0.1, 0.15) is 32.9 Å². The maximum atomic E-state index is 12.4. The third-order valence-electron chi connectivity index (χ3n) is 3.88. The van der Waals surface area contributed by atoms with Gasteiger partial charge in [0.05, 0.1) is 17.4 Å². The van der Waals surface area contributed by atoms with Gasteiger partial charge in [-0.25, -0.2) is 0 Å². The molecule has 6 heteroatoms. The predicted molar refractivity (Wildman–Crippen MR) is 99.3 cm³/mol. The highest BCUT2D eigenvalue weighted by Crippen LogP contribution is 2.19. The Morgan fingerprint density at radius 1 is 1.08 bits per heavy atom. The zero-order chi connectivity index (χ0) is 17.8. The summed E-state index contributed by atoms with van der Waals surface area (Å²) in [7, 11) is 0. The normalized spacial score (nSPS) is 10.5. The smallest absolute Gasteiger partial charge is 0.255 e. The lowest BCUT2D eigenvalue weighted by molar-refractivity contribution is 0.102. The van der Waals surface area contributed by atoms with Gasteiger partial charge in [0.15, 0.2) is 0 Å². The summed E-state index contributed by atoms with van der Waals surface area (Å²) in [5.74, 6) is 0.551. The molecule has 0 saturated carbocycles. The Hall–Kier alpha value is -2.73. The van der Waals surface area contributed by atoms with Crippen molar-refractivity contribution in [1.29, 1.82) is 0 Å². The fourth-order valence-electron chi connectivity index (χ4n) is 2.30. The third kappa shape index (κ3) is 4.22. The van der Waals surface area contributed by atoms with Crippen LogP contribution in [0.5, 0.6) is 5.75 Å². The molecule has 3 rings (SSSR count). The third-order valence-corrected chi connectivity index (χ3v) is 4.54. The van der Waals surface area contributed by atoms with Gasteiger partial charge in [-0.3, -0.25) is 4.79 Å². The van der Waals surface area contributed by atoms with Crippen molar-refractivity contribution in [3.05, 3.63) is 70.5 Å². The number of nitrogens with one attached hydrogen (secondary N) is 1. The molecule has 0 atom stereocenters. The quantitative estimate of drug-likeness (QED) is 0.743. The SMILES string of the molecule is Cc1ccc(C)c(NC(=O)c2ccc(OCc3nsnc3C)cc2)c1. The fraction of sp³-hybridized carbons (Fsp3) is 0.211. The van der Waals surface area contributed by atoms with Crippen LogP contribution in [-0.2, 0) is 6.61 Å². The van der Waals surface area contributed by atoms with Crippen LogP contribution < -0.4 is 10.1 Å². The van der Waals surface area contributed by atoms with Gasteiger partial charge in [-0.05, 0) is 62.2 Å². The molecule has 1 heterocycles. The van der Waals surface area contributed by atoms with E-state index in [1.54, 1.807) is 24.3 Å². The van der Waals surface area contributed by atoms with Gasteiger partial charge in [-0.1, -0.05) is 12.1 Å². The number of carbonyl (C=O) groups is 1. The zero-order valence-corrected chi connectivity index (χ0v) is 15.2. The van der Waals surface area contributed by atoms with E-state index >= 15 is 0 Å². The number of hydrogen-bond acceptors (Lipinski definition) is 5. The van der Waals surface area contributed by atoms with E-state index < -0.39 is 0 Å². The summed E-state index contributed by atoms with van der Waals surface area (Å²) in [4.78, 5) is 12.4. The Labute approximate surface area is 151 Å². The van der Waals surface area contributed by atoms with Gasteiger partial charge in [0.1, 0.15) is 18.1 Å². The molecule has 1 aromatic heterocycles. The fourth-order valence-corrected chi connectivity index (χ4v) is 2.85.